The molecule has 0 spiro atoms. The van der Waals surface area contributed by atoms with Gasteiger partial charge in [0.1, 0.15) is 5.75 Å². The SMILES string of the molecule is COCCNC(=O)c1cncc(O)c1. The Morgan fingerprint density at radius 1 is 1.64 bits per heavy atom. The van der Waals surface area contributed by atoms with Crippen LogP contribution in [-0.2, 0) is 4.74 Å². The lowest BCUT2D eigenvalue weighted by molar-refractivity contribution is 0.0936. The van der Waals surface area contributed by atoms with Crippen LogP contribution in [0.3, 0.4) is 0 Å². The lowest BCUT2D eigenvalue weighted by Gasteiger charge is -2.03. The Morgan fingerprint density at radius 3 is 3.07 bits per heavy atom. The Balaban J connectivity index is 2.52. The molecule has 1 amide bonds. The zero-order chi connectivity index (χ0) is 10.4. The summed E-state index contributed by atoms with van der Waals surface area (Å²) < 4.78 is 4.77. The molecule has 0 unspecified atom stereocenters. The van der Waals surface area contributed by atoms with Gasteiger partial charge >= 0.3 is 0 Å². The van der Waals surface area contributed by atoms with Crippen molar-refractivity contribution in [2.45, 2.75) is 0 Å². The van der Waals surface area contributed by atoms with Gasteiger partial charge in [0.2, 0.25) is 0 Å². The van der Waals surface area contributed by atoms with Gasteiger partial charge in [0.25, 0.3) is 5.91 Å². The van der Waals surface area contributed by atoms with E-state index in [0.29, 0.717) is 18.7 Å². The zero-order valence-electron chi connectivity index (χ0n) is 7.86. The van der Waals surface area contributed by atoms with E-state index in [4.69, 9.17) is 9.84 Å². The molecule has 0 radical (unpaired) electrons. The van der Waals surface area contributed by atoms with Crippen LogP contribution >= 0.6 is 0 Å². The van der Waals surface area contributed by atoms with Crippen molar-refractivity contribution in [3.8, 4) is 5.75 Å². The molecule has 0 atom stereocenters. The minimum Gasteiger partial charge on any atom is -0.506 e. The van der Waals surface area contributed by atoms with Gasteiger partial charge in [0.05, 0.1) is 18.4 Å². The van der Waals surface area contributed by atoms with Gasteiger partial charge in [0.15, 0.2) is 0 Å². The second-order valence-electron chi connectivity index (χ2n) is 2.68. The molecule has 0 aliphatic heterocycles. The van der Waals surface area contributed by atoms with E-state index in [1.165, 1.54) is 18.5 Å². The number of rotatable bonds is 4. The number of aromatic hydroxyl groups is 1. The van der Waals surface area contributed by atoms with Gasteiger partial charge in [-0.15, -0.1) is 0 Å². The van der Waals surface area contributed by atoms with Crippen molar-refractivity contribution in [1.29, 1.82) is 0 Å². The maximum Gasteiger partial charge on any atom is 0.253 e. The van der Waals surface area contributed by atoms with Crippen molar-refractivity contribution < 1.29 is 14.6 Å². The van der Waals surface area contributed by atoms with E-state index in [1.807, 2.05) is 0 Å². The molecule has 1 aromatic rings. The molecule has 0 aliphatic carbocycles. The highest BCUT2D eigenvalue weighted by molar-refractivity contribution is 5.94. The molecular formula is C9H12N2O3. The summed E-state index contributed by atoms with van der Waals surface area (Å²) in [6.45, 7) is 0.892. The van der Waals surface area contributed by atoms with Gasteiger partial charge in [-0.05, 0) is 6.07 Å². The standard InChI is InChI=1S/C9H12N2O3/c1-14-3-2-11-9(13)7-4-8(12)6-10-5-7/h4-6,12H,2-3H2,1H3,(H,11,13). The van der Waals surface area contributed by atoms with Crippen molar-refractivity contribution >= 4 is 5.91 Å². The van der Waals surface area contributed by atoms with Crippen LogP contribution in [0.25, 0.3) is 0 Å². The summed E-state index contributed by atoms with van der Waals surface area (Å²) in [6, 6.07) is 1.36. The smallest absolute Gasteiger partial charge is 0.253 e. The minimum atomic E-state index is -0.273. The van der Waals surface area contributed by atoms with Crippen LogP contribution in [0.4, 0.5) is 0 Å². The van der Waals surface area contributed by atoms with E-state index in [9.17, 15) is 4.79 Å². The summed E-state index contributed by atoms with van der Waals surface area (Å²) in [6.07, 6.45) is 2.66. The van der Waals surface area contributed by atoms with E-state index in [1.54, 1.807) is 7.11 Å². The molecule has 1 aromatic heterocycles. The highest BCUT2D eigenvalue weighted by atomic mass is 16.5. The van der Waals surface area contributed by atoms with Crippen molar-refractivity contribution in [2.24, 2.45) is 0 Å². The van der Waals surface area contributed by atoms with Crippen LogP contribution in [0, 0.1) is 0 Å². The Hall–Kier alpha value is -1.62. The van der Waals surface area contributed by atoms with Gasteiger partial charge in [-0.1, -0.05) is 0 Å². The van der Waals surface area contributed by atoms with E-state index in [-0.39, 0.29) is 11.7 Å². The normalized spacial score (nSPS) is 9.79. The lowest BCUT2D eigenvalue weighted by atomic mass is 10.2. The van der Waals surface area contributed by atoms with Gasteiger partial charge in [0, 0.05) is 19.9 Å². The predicted octanol–water partition coefficient (Wildman–Crippen LogP) is 0.163. The Morgan fingerprint density at radius 2 is 2.43 bits per heavy atom. The number of carbonyl (C=O) groups excluding carboxylic acids is 1. The van der Waals surface area contributed by atoms with Gasteiger partial charge in [-0.2, -0.15) is 0 Å². The monoisotopic (exact) mass is 196 g/mol. The first-order chi connectivity index (χ1) is 6.74. The zero-order valence-corrected chi connectivity index (χ0v) is 7.86. The topological polar surface area (TPSA) is 71.5 Å². The molecular weight excluding hydrogens is 184 g/mol. The van der Waals surface area contributed by atoms with Crippen LogP contribution < -0.4 is 5.32 Å². The quantitative estimate of drug-likeness (QED) is 0.673. The summed E-state index contributed by atoms with van der Waals surface area (Å²) in [4.78, 5) is 15.0. The maximum absolute atomic E-state index is 11.4. The molecule has 5 heteroatoms. The van der Waals surface area contributed by atoms with Crippen LogP contribution in [0.15, 0.2) is 18.5 Å². The number of methoxy groups -OCH3 is 1. The highest BCUT2D eigenvalue weighted by Gasteiger charge is 2.05. The molecule has 5 nitrogen and oxygen atoms in total. The molecule has 0 saturated carbocycles. The average molecular weight is 196 g/mol. The summed E-state index contributed by atoms with van der Waals surface area (Å²) in [7, 11) is 1.56. The summed E-state index contributed by atoms with van der Waals surface area (Å²) in [5.41, 5.74) is 0.334. The third kappa shape index (κ3) is 3.02. The van der Waals surface area contributed by atoms with E-state index in [0.717, 1.165) is 0 Å². The molecule has 1 heterocycles. The van der Waals surface area contributed by atoms with Crippen molar-refractivity contribution in [3.63, 3.8) is 0 Å². The second-order valence-corrected chi connectivity index (χ2v) is 2.68. The fourth-order valence-electron chi connectivity index (χ4n) is 0.921. The molecule has 2 N–H and O–H groups in total. The van der Waals surface area contributed by atoms with Crippen molar-refractivity contribution in [2.75, 3.05) is 20.3 Å². The third-order valence-corrected chi connectivity index (χ3v) is 1.58. The Labute approximate surface area is 81.7 Å². The molecule has 0 bridgehead atoms. The van der Waals surface area contributed by atoms with Gasteiger partial charge in [-0.3, -0.25) is 9.78 Å². The number of pyridine rings is 1. The highest BCUT2D eigenvalue weighted by Crippen LogP contribution is 2.07. The van der Waals surface area contributed by atoms with Gasteiger partial charge in [-0.25, -0.2) is 0 Å². The average Bonchev–Trinajstić information content (AvgIpc) is 2.18. The Bertz CT molecular complexity index is 315. The van der Waals surface area contributed by atoms with Crippen LogP contribution in [0.5, 0.6) is 5.75 Å². The van der Waals surface area contributed by atoms with Crippen molar-refractivity contribution in [3.05, 3.63) is 24.0 Å². The van der Waals surface area contributed by atoms with Crippen LogP contribution in [0.2, 0.25) is 0 Å². The molecule has 1 rings (SSSR count). The van der Waals surface area contributed by atoms with Crippen LogP contribution in [-0.4, -0.2) is 36.3 Å². The summed E-state index contributed by atoms with van der Waals surface area (Å²) >= 11 is 0. The number of nitrogens with one attached hydrogen (secondary N) is 1. The first-order valence-electron chi connectivity index (χ1n) is 4.15. The first kappa shape index (κ1) is 10.5. The van der Waals surface area contributed by atoms with Gasteiger partial charge < -0.3 is 15.2 Å². The maximum atomic E-state index is 11.4. The molecule has 0 saturated heterocycles. The molecule has 0 aliphatic rings. The number of aromatic nitrogens is 1. The van der Waals surface area contributed by atoms with Crippen molar-refractivity contribution in [1.82, 2.24) is 10.3 Å². The largest absolute Gasteiger partial charge is 0.506 e. The number of carbonyl (C=O) groups is 1. The Kier molecular flexibility index (Phi) is 3.87. The third-order valence-electron chi connectivity index (χ3n) is 1.58. The van der Waals surface area contributed by atoms with E-state index < -0.39 is 0 Å². The lowest BCUT2D eigenvalue weighted by Crippen LogP contribution is -2.26. The first-order valence-corrected chi connectivity index (χ1v) is 4.15. The second kappa shape index (κ2) is 5.18. The summed E-state index contributed by atoms with van der Waals surface area (Å²) in [5, 5.41) is 11.7. The number of hydrogen-bond donors (Lipinski definition) is 2. The van der Waals surface area contributed by atoms with E-state index >= 15 is 0 Å². The summed E-state index contributed by atoms with van der Waals surface area (Å²) in [5.74, 6) is -0.296. The van der Waals surface area contributed by atoms with Crippen LogP contribution in [0.1, 0.15) is 10.4 Å². The minimum absolute atomic E-state index is 0.0237. The fraction of sp³-hybridized carbons (Fsp3) is 0.333. The molecule has 14 heavy (non-hydrogen) atoms. The van der Waals surface area contributed by atoms with E-state index in [2.05, 4.69) is 10.3 Å². The number of ether oxygens (including phenoxy) is 1. The molecule has 0 fully saturated rings. The predicted molar refractivity (Wildman–Crippen MR) is 50.1 cm³/mol. The fourth-order valence-corrected chi connectivity index (χ4v) is 0.921. The molecule has 76 valence electrons. The number of nitrogens with zero attached hydrogens (tertiary/aromatic N) is 1. The number of hydrogen-bond acceptors (Lipinski definition) is 4. The number of amides is 1. The molecule has 0 aromatic carbocycles.